The lowest BCUT2D eigenvalue weighted by atomic mass is 10.1. The van der Waals surface area contributed by atoms with Gasteiger partial charge in [-0.25, -0.2) is 8.78 Å². The Hall–Kier alpha value is -1.92. The van der Waals surface area contributed by atoms with Crippen molar-refractivity contribution in [3.8, 4) is 5.75 Å². The van der Waals surface area contributed by atoms with Crippen LogP contribution in [0, 0.1) is 0 Å². The monoisotopic (exact) mass is 219 g/mol. The molecule has 0 atom stereocenters. The van der Waals surface area contributed by atoms with Gasteiger partial charge in [0.2, 0.25) is 0 Å². The molecule has 82 valence electrons. The van der Waals surface area contributed by atoms with Gasteiger partial charge in [0.25, 0.3) is 12.0 Å². The van der Waals surface area contributed by atoms with Gasteiger partial charge < -0.3 is 15.2 Å². The zero-order valence-corrected chi connectivity index (χ0v) is 7.33. The van der Waals surface area contributed by atoms with Crippen LogP contribution in [0.25, 0.3) is 0 Å². The van der Waals surface area contributed by atoms with Gasteiger partial charge in [-0.15, -0.1) is 0 Å². The summed E-state index contributed by atoms with van der Waals surface area (Å²) in [6, 6.07) is 0. The van der Waals surface area contributed by atoms with Crippen LogP contribution in [0.4, 0.5) is 8.78 Å². The maximum atomic E-state index is 12.3. The van der Waals surface area contributed by atoms with Gasteiger partial charge in [0, 0.05) is 11.8 Å². The first-order chi connectivity index (χ1) is 6.93. The molecule has 0 spiro atoms. The molecular formula is C8H7F2NO4. The molecule has 0 aliphatic carbocycles. The lowest BCUT2D eigenvalue weighted by Crippen LogP contribution is -2.15. The Morgan fingerprint density at radius 2 is 2.13 bits per heavy atom. The third-order valence-electron chi connectivity index (χ3n) is 1.74. The second-order valence-electron chi connectivity index (χ2n) is 2.78. The Morgan fingerprint density at radius 1 is 1.53 bits per heavy atom. The molecule has 0 aliphatic rings. The Balaban J connectivity index is 3.28. The number of aromatic nitrogens is 1. The molecule has 0 unspecified atom stereocenters. The van der Waals surface area contributed by atoms with Crippen LogP contribution < -0.4 is 5.56 Å². The summed E-state index contributed by atoms with van der Waals surface area (Å²) < 4.78 is 24.6. The van der Waals surface area contributed by atoms with Crippen molar-refractivity contribution in [1.29, 1.82) is 0 Å². The Kier molecular flexibility index (Phi) is 3.03. The summed E-state index contributed by atoms with van der Waals surface area (Å²) >= 11 is 0. The van der Waals surface area contributed by atoms with E-state index in [1.807, 2.05) is 4.98 Å². The highest BCUT2D eigenvalue weighted by atomic mass is 19.3. The van der Waals surface area contributed by atoms with E-state index in [1.54, 1.807) is 0 Å². The first kappa shape index (κ1) is 11.2. The first-order valence-electron chi connectivity index (χ1n) is 3.87. The van der Waals surface area contributed by atoms with Crippen molar-refractivity contribution in [2.45, 2.75) is 12.8 Å². The normalized spacial score (nSPS) is 10.6. The smallest absolute Gasteiger partial charge is 0.308 e. The number of halogens is 2. The molecule has 1 aromatic heterocycles. The van der Waals surface area contributed by atoms with E-state index < -0.39 is 35.7 Å². The lowest BCUT2D eigenvalue weighted by Gasteiger charge is -2.06. The fourth-order valence-corrected chi connectivity index (χ4v) is 1.08. The minimum Gasteiger partial charge on any atom is -0.507 e. The third-order valence-corrected chi connectivity index (χ3v) is 1.74. The predicted octanol–water partition coefficient (Wildman–Crippen LogP) is 0.645. The second kappa shape index (κ2) is 4.07. The molecule has 0 bridgehead atoms. The van der Waals surface area contributed by atoms with E-state index in [-0.39, 0.29) is 5.56 Å². The number of hydrogen-bond acceptors (Lipinski definition) is 3. The molecule has 0 aromatic carbocycles. The highest BCUT2D eigenvalue weighted by Crippen LogP contribution is 2.27. The van der Waals surface area contributed by atoms with Crippen molar-refractivity contribution in [2.24, 2.45) is 0 Å². The highest BCUT2D eigenvalue weighted by Gasteiger charge is 2.21. The Labute approximate surface area is 82.0 Å². The van der Waals surface area contributed by atoms with Crippen LogP contribution in [0.2, 0.25) is 0 Å². The van der Waals surface area contributed by atoms with E-state index in [2.05, 4.69) is 0 Å². The number of aromatic hydroxyl groups is 1. The molecule has 0 saturated heterocycles. The van der Waals surface area contributed by atoms with Gasteiger partial charge in [0.15, 0.2) is 0 Å². The van der Waals surface area contributed by atoms with Crippen LogP contribution in [0.15, 0.2) is 11.0 Å². The summed E-state index contributed by atoms with van der Waals surface area (Å²) in [5.41, 5.74) is -2.48. The molecule has 0 aliphatic heterocycles. The number of nitrogens with one attached hydrogen (secondary N) is 1. The number of hydrogen-bond donors (Lipinski definition) is 3. The van der Waals surface area contributed by atoms with E-state index in [0.717, 1.165) is 6.20 Å². The van der Waals surface area contributed by atoms with Crippen LogP contribution in [-0.2, 0) is 11.2 Å². The first-order valence-corrected chi connectivity index (χ1v) is 3.87. The zero-order chi connectivity index (χ0) is 11.6. The van der Waals surface area contributed by atoms with E-state index >= 15 is 0 Å². The molecule has 0 radical (unpaired) electrons. The summed E-state index contributed by atoms with van der Waals surface area (Å²) in [5, 5.41) is 17.6. The average Bonchev–Trinajstić information content (AvgIpc) is 2.09. The summed E-state index contributed by atoms with van der Waals surface area (Å²) in [7, 11) is 0. The van der Waals surface area contributed by atoms with Crippen molar-refractivity contribution in [3.05, 3.63) is 27.7 Å². The van der Waals surface area contributed by atoms with E-state index in [0.29, 0.717) is 0 Å². The minimum atomic E-state index is -3.15. The standard InChI is InChI=1S/C8H7F2NO4/c9-7(10)5-6(14)3(1-4(12)13)2-11-8(5)15/h2,7H,1H2,(H,12,13)(H2,11,14,15). The molecule has 7 heteroatoms. The van der Waals surface area contributed by atoms with Crippen LogP contribution in [-0.4, -0.2) is 21.2 Å². The number of aliphatic carboxylic acids is 1. The fraction of sp³-hybridized carbons (Fsp3) is 0.250. The molecular weight excluding hydrogens is 212 g/mol. The average molecular weight is 219 g/mol. The Morgan fingerprint density at radius 3 is 2.60 bits per heavy atom. The molecule has 0 amide bonds. The summed E-state index contributed by atoms with van der Waals surface area (Å²) in [4.78, 5) is 23.1. The van der Waals surface area contributed by atoms with Crippen LogP contribution in [0.5, 0.6) is 5.75 Å². The van der Waals surface area contributed by atoms with Crippen molar-refractivity contribution in [3.63, 3.8) is 0 Å². The van der Waals surface area contributed by atoms with Gasteiger partial charge in [-0.3, -0.25) is 9.59 Å². The number of rotatable bonds is 3. The number of carboxylic acids is 1. The number of aromatic amines is 1. The highest BCUT2D eigenvalue weighted by molar-refractivity contribution is 5.71. The number of pyridine rings is 1. The van der Waals surface area contributed by atoms with E-state index in [4.69, 9.17) is 5.11 Å². The van der Waals surface area contributed by atoms with Crippen LogP contribution in [0.3, 0.4) is 0 Å². The van der Waals surface area contributed by atoms with E-state index in [1.165, 1.54) is 0 Å². The predicted molar refractivity (Wildman–Crippen MR) is 45.0 cm³/mol. The van der Waals surface area contributed by atoms with Crippen LogP contribution >= 0.6 is 0 Å². The van der Waals surface area contributed by atoms with Crippen molar-refractivity contribution >= 4 is 5.97 Å². The molecule has 5 nitrogen and oxygen atoms in total. The second-order valence-corrected chi connectivity index (χ2v) is 2.78. The third kappa shape index (κ3) is 2.30. The van der Waals surface area contributed by atoms with Crippen molar-refractivity contribution in [2.75, 3.05) is 0 Å². The molecule has 1 rings (SSSR count). The van der Waals surface area contributed by atoms with Gasteiger partial charge in [-0.05, 0) is 0 Å². The molecule has 1 aromatic rings. The zero-order valence-electron chi connectivity index (χ0n) is 7.33. The lowest BCUT2D eigenvalue weighted by molar-refractivity contribution is -0.136. The topological polar surface area (TPSA) is 90.4 Å². The van der Waals surface area contributed by atoms with Gasteiger partial charge >= 0.3 is 5.97 Å². The maximum Gasteiger partial charge on any atom is 0.308 e. The summed E-state index contributed by atoms with van der Waals surface area (Å²) in [6.07, 6.45) is -2.89. The van der Waals surface area contributed by atoms with Gasteiger partial charge in [0.05, 0.1) is 6.42 Å². The number of H-pyrrole nitrogens is 1. The van der Waals surface area contributed by atoms with E-state index in [9.17, 15) is 23.5 Å². The molecule has 15 heavy (non-hydrogen) atoms. The summed E-state index contributed by atoms with van der Waals surface area (Å²) in [6.45, 7) is 0. The van der Waals surface area contributed by atoms with Crippen LogP contribution in [0.1, 0.15) is 17.6 Å². The molecule has 1 heterocycles. The minimum absolute atomic E-state index is 0.252. The Bertz CT molecular complexity index is 441. The largest absolute Gasteiger partial charge is 0.507 e. The van der Waals surface area contributed by atoms with Gasteiger partial charge in [-0.2, -0.15) is 0 Å². The SMILES string of the molecule is O=C(O)Cc1c[nH]c(=O)c(C(F)F)c1O. The van der Waals surface area contributed by atoms with Crippen molar-refractivity contribution < 1.29 is 23.8 Å². The number of carboxylic acid groups (broad SMARTS) is 1. The number of alkyl halides is 2. The molecule has 0 fully saturated rings. The fourth-order valence-electron chi connectivity index (χ4n) is 1.08. The summed E-state index contributed by atoms with van der Waals surface area (Å²) in [5.74, 6) is -2.26. The quantitative estimate of drug-likeness (QED) is 0.695. The van der Waals surface area contributed by atoms with Gasteiger partial charge in [-0.1, -0.05) is 0 Å². The molecule has 0 saturated carbocycles. The molecule has 3 N–H and O–H groups in total. The maximum absolute atomic E-state index is 12.3. The van der Waals surface area contributed by atoms with Gasteiger partial charge in [0.1, 0.15) is 11.3 Å². The number of carbonyl (C=O) groups is 1. The van der Waals surface area contributed by atoms with Crippen molar-refractivity contribution in [1.82, 2.24) is 4.98 Å².